The van der Waals surface area contributed by atoms with E-state index in [2.05, 4.69) is 9.44 Å². The largest absolute Gasteiger partial charge is 0.348 e. The summed E-state index contributed by atoms with van der Waals surface area (Å²) in [6.45, 7) is 5.69. The van der Waals surface area contributed by atoms with Gasteiger partial charge in [0.05, 0.1) is 13.2 Å². The molecule has 2 rings (SSSR count). The Balaban J connectivity index is 1.78. The van der Waals surface area contributed by atoms with Gasteiger partial charge >= 0.3 is 0 Å². The van der Waals surface area contributed by atoms with Crippen molar-refractivity contribution in [3.63, 3.8) is 0 Å². The molecule has 0 atom stereocenters. The van der Waals surface area contributed by atoms with Crippen molar-refractivity contribution in [1.82, 2.24) is 9.44 Å². The fourth-order valence-electron chi connectivity index (χ4n) is 2.50. The number of nitrogens with one attached hydrogen (secondary N) is 2. The predicted molar refractivity (Wildman–Crippen MR) is 71.8 cm³/mol. The minimum absolute atomic E-state index is 0.0249. The first-order valence-corrected chi connectivity index (χ1v) is 8.44. The lowest BCUT2D eigenvalue weighted by Crippen LogP contribution is -2.48. The molecule has 0 radical (unpaired) electrons. The summed E-state index contributed by atoms with van der Waals surface area (Å²) in [6, 6.07) is -0.0249. The number of hydrogen-bond acceptors (Lipinski definition) is 4. The van der Waals surface area contributed by atoms with Crippen molar-refractivity contribution >= 4 is 10.2 Å². The van der Waals surface area contributed by atoms with Crippen LogP contribution < -0.4 is 9.44 Å². The van der Waals surface area contributed by atoms with Gasteiger partial charge < -0.3 is 9.47 Å². The fourth-order valence-corrected chi connectivity index (χ4v) is 3.81. The lowest BCUT2D eigenvalue weighted by Gasteiger charge is -2.35. The summed E-state index contributed by atoms with van der Waals surface area (Å²) in [4.78, 5) is 0. The molecule has 1 aliphatic heterocycles. The van der Waals surface area contributed by atoms with Crippen LogP contribution in [0.3, 0.4) is 0 Å². The number of rotatable bonds is 5. The highest BCUT2D eigenvalue weighted by Gasteiger charge is 2.40. The van der Waals surface area contributed by atoms with Gasteiger partial charge in [0.1, 0.15) is 0 Å². The minimum Gasteiger partial charge on any atom is -0.348 e. The highest BCUT2D eigenvalue weighted by Crippen LogP contribution is 2.35. The molecule has 112 valence electrons. The lowest BCUT2D eigenvalue weighted by molar-refractivity contribution is -0.178. The van der Waals surface area contributed by atoms with E-state index in [0.29, 0.717) is 25.7 Å². The van der Waals surface area contributed by atoms with Crippen molar-refractivity contribution in [2.45, 2.75) is 51.4 Å². The molecule has 0 bridgehead atoms. The molecule has 0 aromatic rings. The molecule has 1 spiro atoms. The van der Waals surface area contributed by atoms with Gasteiger partial charge in [-0.1, -0.05) is 13.8 Å². The Labute approximate surface area is 115 Å². The average Bonchev–Trinajstić information content (AvgIpc) is 2.79. The highest BCUT2D eigenvalue weighted by molar-refractivity contribution is 7.87. The van der Waals surface area contributed by atoms with E-state index in [4.69, 9.17) is 9.47 Å². The van der Waals surface area contributed by atoms with Crippen LogP contribution in [0.5, 0.6) is 0 Å². The first kappa shape index (κ1) is 15.2. The maximum Gasteiger partial charge on any atom is 0.277 e. The van der Waals surface area contributed by atoms with E-state index >= 15 is 0 Å². The second kappa shape index (κ2) is 6.05. The second-order valence-corrected chi connectivity index (χ2v) is 7.28. The van der Waals surface area contributed by atoms with Crippen molar-refractivity contribution in [3.8, 4) is 0 Å². The van der Waals surface area contributed by atoms with Crippen LogP contribution >= 0.6 is 0 Å². The smallest absolute Gasteiger partial charge is 0.277 e. The first-order chi connectivity index (χ1) is 8.91. The van der Waals surface area contributed by atoms with Gasteiger partial charge in [0.25, 0.3) is 10.2 Å². The van der Waals surface area contributed by atoms with Crippen LogP contribution in [0.4, 0.5) is 0 Å². The Bertz CT molecular complexity index is 381. The Morgan fingerprint density at radius 2 is 1.79 bits per heavy atom. The van der Waals surface area contributed by atoms with E-state index in [1.807, 2.05) is 13.8 Å². The molecule has 1 heterocycles. The SMILES string of the molecule is CC(C)CNS(=O)(=O)NC1CCC2(CC1)OCCO2. The molecule has 2 fully saturated rings. The van der Waals surface area contributed by atoms with Crippen molar-refractivity contribution in [1.29, 1.82) is 0 Å². The molecule has 2 N–H and O–H groups in total. The fraction of sp³-hybridized carbons (Fsp3) is 1.00. The van der Waals surface area contributed by atoms with Gasteiger partial charge in [-0.15, -0.1) is 0 Å². The summed E-state index contributed by atoms with van der Waals surface area (Å²) >= 11 is 0. The zero-order valence-corrected chi connectivity index (χ0v) is 12.5. The number of hydrogen-bond donors (Lipinski definition) is 2. The Hall–Kier alpha value is -0.210. The summed E-state index contributed by atoms with van der Waals surface area (Å²) < 4.78 is 40.2. The minimum atomic E-state index is -3.39. The lowest BCUT2D eigenvalue weighted by atomic mass is 9.91. The van der Waals surface area contributed by atoms with Crippen LogP contribution in [0, 0.1) is 5.92 Å². The van der Waals surface area contributed by atoms with Crippen LogP contribution in [0.25, 0.3) is 0 Å². The van der Waals surface area contributed by atoms with Crippen LogP contribution in [-0.2, 0) is 19.7 Å². The molecule has 0 amide bonds. The summed E-state index contributed by atoms with van der Waals surface area (Å²) in [7, 11) is -3.39. The summed E-state index contributed by atoms with van der Waals surface area (Å²) in [5.74, 6) is -0.140. The van der Waals surface area contributed by atoms with E-state index in [1.165, 1.54) is 0 Å². The zero-order valence-electron chi connectivity index (χ0n) is 11.6. The van der Waals surface area contributed by atoms with Gasteiger partial charge in [0.15, 0.2) is 5.79 Å². The maximum absolute atomic E-state index is 11.8. The third kappa shape index (κ3) is 4.39. The maximum atomic E-state index is 11.8. The van der Waals surface area contributed by atoms with Crippen molar-refractivity contribution in [2.24, 2.45) is 5.92 Å². The molecule has 1 saturated carbocycles. The van der Waals surface area contributed by atoms with E-state index in [-0.39, 0.29) is 6.04 Å². The van der Waals surface area contributed by atoms with E-state index in [1.54, 1.807) is 0 Å². The normalized spacial score (nSPS) is 24.4. The van der Waals surface area contributed by atoms with Crippen molar-refractivity contribution in [3.05, 3.63) is 0 Å². The Morgan fingerprint density at radius 3 is 2.32 bits per heavy atom. The summed E-state index contributed by atoms with van der Waals surface area (Å²) in [5.41, 5.74) is 0. The van der Waals surface area contributed by atoms with Crippen molar-refractivity contribution < 1.29 is 17.9 Å². The standard InChI is InChI=1S/C12H24N2O4S/c1-10(2)9-13-19(15,16)14-11-3-5-12(6-4-11)17-7-8-18-12/h10-11,13-14H,3-9H2,1-2H3. The topological polar surface area (TPSA) is 76.7 Å². The molecule has 1 saturated heterocycles. The molecule has 0 unspecified atom stereocenters. The molecule has 1 aliphatic carbocycles. The van der Waals surface area contributed by atoms with Gasteiger partial charge in [0, 0.05) is 25.4 Å². The van der Waals surface area contributed by atoms with E-state index in [9.17, 15) is 8.42 Å². The monoisotopic (exact) mass is 292 g/mol. The van der Waals surface area contributed by atoms with Gasteiger partial charge in [-0.05, 0) is 18.8 Å². The highest BCUT2D eigenvalue weighted by atomic mass is 32.2. The van der Waals surface area contributed by atoms with E-state index < -0.39 is 16.0 Å². The van der Waals surface area contributed by atoms with Crippen LogP contribution in [0.2, 0.25) is 0 Å². The molecule has 0 aromatic carbocycles. The molecule has 7 heteroatoms. The third-order valence-electron chi connectivity index (χ3n) is 3.56. The van der Waals surface area contributed by atoms with Gasteiger partial charge in [0.2, 0.25) is 0 Å². The van der Waals surface area contributed by atoms with Crippen LogP contribution in [-0.4, -0.2) is 40.0 Å². The summed E-state index contributed by atoms with van der Waals surface area (Å²) in [5, 5.41) is 0. The van der Waals surface area contributed by atoms with Gasteiger partial charge in [-0.3, -0.25) is 0 Å². The van der Waals surface area contributed by atoms with Crippen LogP contribution in [0.1, 0.15) is 39.5 Å². The molecule has 0 aromatic heterocycles. The quantitative estimate of drug-likeness (QED) is 0.784. The first-order valence-electron chi connectivity index (χ1n) is 6.96. The molecule has 6 nitrogen and oxygen atoms in total. The predicted octanol–water partition coefficient (Wildman–Crippen LogP) is 0.752. The summed E-state index contributed by atoms with van der Waals surface area (Å²) in [6.07, 6.45) is 3.01. The second-order valence-electron chi connectivity index (χ2n) is 5.75. The zero-order chi connectivity index (χ0) is 13.9. The Morgan fingerprint density at radius 1 is 1.21 bits per heavy atom. The van der Waals surface area contributed by atoms with Crippen LogP contribution in [0.15, 0.2) is 0 Å². The number of ether oxygens (including phenoxy) is 2. The van der Waals surface area contributed by atoms with E-state index in [0.717, 1.165) is 25.7 Å². The van der Waals surface area contributed by atoms with Gasteiger partial charge in [-0.25, -0.2) is 4.72 Å². The average molecular weight is 292 g/mol. The van der Waals surface area contributed by atoms with Crippen molar-refractivity contribution in [2.75, 3.05) is 19.8 Å². The molecule has 2 aliphatic rings. The molecular weight excluding hydrogens is 268 g/mol. The molecular formula is C12H24N2O4S. The Kier molecular flexibility index (Phi) is 4.84. The third-order valence-corrected chi connectivity index (χ3v) is 4.75. The van der Waals surface area contributed by atoms with Gasteiger partial charge in [-0.2, -0.15) is 13.1 Å². The molecule has 19 heavy (non-hydrogen) atoms.